The van der Waals surface area contributed by atoms with Gasteiger partial charge in [0.2, 0.25) is 0 Å². The Labute approximate surface area is 116 Å². The summed E-state index contributed by atoms with van der Waals surface area (Å²) in [6.07, 6.45) is 0. The van der Waals surface area contributed by atoms with Gasteiger partial charge in [0.05, 0.1) is 10.5 Å². The number of carboxylic acid groups (broad SMARTS) is 1. The highest BCUT2D eigenvalue weighted by Crippen LogP contribution is 2.19. The molecule has 0 aliphatic rings. The fraction of sp³-hybridized carbons (Fsp3) is 0.0714. The van der Waals surface area contributed by atoms with Crippen LogP contribution in [0.3, 0.4) is 0 Å². The molecule has 0 heterocycles. The third-order valence-electron chi connectivity index (χ3n) is 2.76. The molecule has 2 N–H and O–H groups in total. The highest BCUT2D eigenvalue weighted by molar-refractivity contribution is 7.92. The van der Waals surface area contributed by atoms with E-state index in [4.69, 9.17) is 5.11 Å². The van der Waals surface area contributed by atoms with Crippen molar-refractivity contribution >= 4 is 21.7 Å². The smallest absolute Gasteiger partial charge is 0.335 e. The van der Waals surface area contributed by atoms with Gasteiger partial charge in [-0.2, -0.15) is 0 Å². The molecule has 2 rings (SSSR count). The molecule has 0 aromatic heterocycles. The van der Waals surface area contributed by atoms with Crippen LogP contribution >= 0.6 is 0 Å². The molecule has 0 atom stereocenters. The first-order valence-corrected chi connectivity index (χ1v) is 7.30. The van der Waals surface area contributed by atoms with E-state index in [1.807, 2.05) is 0 Å². The first-order valence-electron chi connectivity index (χ1n) is 5.82. The summed E-state index contributed by atoms with van der Waals surface area (Å²) < 4.78 is 26.6. The summed E-state index contributed by atoms with van der Waals surface area (Å²) in [6.45, 7) is 1.61. The maximum Gasteiger partial charge on any atom is 0.335 e. The fourth-order valence-corrected chi connectivity index (χ4v) is 2.85. The lowest BCUT2D eigenvalue weighted by atomic mass is 10.1. The number of nitrogens with one attached hydrogen (secondary N) is 1. The van der Waals surface area contributed by atoms with E-state index in [2.05, 4.69) is 4.72 Å². The SMILES string of the molecule is Cc1cc(NS(=O)(=O)c2ccccc2)ccc1C(=O)O. The molecule has 0 spiro atoms. The average molecular weight is 291 g/mol. The fourth-order valence-electron chi connectivity index (χ4n) is 1.78. The number of benzene rings is 2. The Kier molecular flexibility index (Phi) is 3.76. The number of hydrogen-bond acceptors (Lipinski definition) is 3. The zero-order valence-corrected chi connectivity index (χ0v) is 11.5. The molecule has 2 aromatic rings. The van der Waals surface area contributed by atoms with Crippen LogP contribution in [0.2, 0.25) is 0 Å². The van der Waals surface area contributed by atoms with Gasteiger partial charge in [0, 0.05) is 5.69 Å². The van der Waals surface area contributed by atoms with Crippen molar-refractivity contribution < 1.29 is 18.3 Å². The van der Waals surface area contributed by atoms with E-state index in [9.17, 15) is 13.2 Å². The van der Waals surface area contributed by atoms with E-state index in [1.165, 1.54) is 30.3 Å². The van der Waals surface area contributed by atoms with Crippen LogP contribution in [0.5, 0.6) is 0 Å². The molecule has 104 valence electrons. The molecule has 0 amide bonds. The second-order valence-corrected chi connectivity index (χ2v) is 5.94. The van der Waals surface area contributed by atoms with Crippen molar-refractivity contribution in [3.63, 3.8) is 0 Å². The minimum absolute atomic E-state index is 0.146. The lowest BCUT2D eigenvalue weighted by Gasteiger charge is -2.09. The van der Waals surface area contributed by atoms with Gasteiger partial charge < -0.3 is 5.11 Å². The first-order chi connectivity index (χ1) is 9.40. The van der Waals surface area contributed by atoms with Crippen molar-refractivity contribution in [2.75, 3.05) is 4.72 Å². The van der Waals surface area contributed by atoms with Gasteiger partial charge in [-0.05, 0) is 42.8 Å². The third kappa shape index (κ3) is 2.97. The molecule has 5 nitrogen and oxygen atoms in total. The maximum absolute atomic E-state index is 12.1. The topological polar surface area (TPSA) is 83.5 Å². The van der Waals surface area contributed by atoms with Gasteiger partial charge in [-0.25, -0.2) is 13.2 Å². The van der Waals surface area contributed by atoms with Crippen molar-refractivity contribution in [1.82, 2.24) is 0 Å². The van der Waals surface area contributed by atoms with Crippen molar-refractivity contribution in [2.45, 2.75) is 11.8 Å². The lowest BCUT2D eigenvalue weighted by molar-refractivity contribution is 0.0696. The number of hydrogen-bond donors (Lipinski definition) is 2. The monoisotopic (exact) mass is 291 g/mol. The quantitative estimate of drug-likeness (QED) is 0.906. The van der Waals surface area contributed by atoms with Crippen LogP contribution in [-0.4, -0.2) is 19.5 Å². The molecule has 0 unspecified atom stereocenters. The number of aryl methyl sites for hydroxylation is 1. The molecule has 0 saturated carbocycles. The maximum atomic E-state index is 12.1. The molecule has 0 bridgehead atoms. The number of aromatic carboxylic acids is 1. The standard InChI is InChI=1S/C14H13NO4S/c1-10-9-11(7-8-13(10)14(16)17)15-20(18,19)12-5-3-2-4-6-12/h2-9,15H,1H3,(H,16,17). The number of anilines is 1. The van der Waals surface area contributed by atoms with Gasteiger partial charge in [0.1, 0.15) is 0 Å². The molecule has 6 heteroatoms. The van der Waals surface area contributed by atoms with Crippen molar-refractivity contribution in [3.05, 3.63) is 59.7 Å². The predicted octanol–water partition coefficient (Wildman–Crippen LogP) is 2.49. The van der Waals surface area contributed by atoms with Crippen LogP contribution in [0.15, 0.2) is 53.4 Å². The molecule has 20 heavy (non-hydrogen) atoms. The Bertz CT molecular complexity index is 739. The van der Waals surface area contributed by atoms with Gasteiger partial charge in [-0.15, -0.1) is 0 Å². The summed E-state index contributed by atoms with van der Waals surface area (Å²) in [5.41, 5.74) is 0.967. The molecule has 0 aliphatic heterocycles. The van der Waals surface area contributed by atoms with Gasteiger partial charge >= 0.3 is 5.97 Å². The van der Waals surface area contributed by atoms with E-state index in [-0.39, 0.29) is 10.5 Å². The summed E-state index contributed by atoms with van der Waals surface area (Å²) in [5, 5.41) is 8.93. The molecule has 2 aromatic carbocycles. The van der Waals surface area contributed by atoms with E-state index in [1.54, 1.807) is 25.1 Å². The second-order valence-electron chi connectivity index (χ2n) is 4.25. The highest BCUT2D eigenvalue weighted by Gasteiger charge is 2.14. The van der Waals surface area contributed by atoms with Gasteiger partial charge in [0.25, 0.3) is 10.0 Å². The molecule has 0 fully saturated rings. The second kappa shape index (κ2) is 5.34. The van der Waals surface area contributed by atoms with Crippen LogP contribution in [0.4, 0.5) is 5.69 Å². The third-order valence-corrected chi connectivity index (χ3v) is 4.16. The highest BCUT2D eigenvalue weighted by atomic mass is 32.2. The Morgan fingerprint density at radius 2 is 1.75 bits per heavy atom. The largest absolute Gasteiger partial charge is 0.478 e. The summed E-state index contributed by atoms with van der Waals surface area (Å²) in [4.78, 5) is 11.1. The number of rotatable bonds is 4. The summed E-state index contributed by atoms with van der Waals surface area (Å²) in [6, 6.07) is 12.3. The van der Waals surface area contributed by atoms with Crippen molar-refractivity contribution in [1.29, 1.82) is 0 Å². The zero-order valence-electron chi connectivity index (χ0n) is 10.7. The van der Waals surface area contributed by atoms with Gasteiger partial charge in [-0.1, -0.05) is 18.2 Å². The molecule has 0 aliphatic carbocycles. The Morgan fingerprint density at radius 1 is 1.10 bits per heavy atom. The Hall–Kier alpha value is -2.34. The Balaban J connectivity index is 2.31. The van der Waals surface area contributed by atoms with E-state index in [0.717, 1.165) is 0 Å². The number of sulfonamides is 1. The molecular formula is C14H13NO4S. The van der Waals surface area contributed by atoms with Crippen molar-refractivity contribution in [3.8, 4) is 0 Å². The number of carbonyl (C=O) groups is 1. The molecular weight excluding hydrogens is 278 g/mol. The van der Waals surface area contributed by atoms with Crippen LogP contribution < -0.4 is 4.72 Å². The molecule has 0 saturated heterocycles. The van der Waals surface area contributed by atoms with Crippen LogP contribution in [0.25, 0.3) is 0 Å². The average Bonchev–Trinajstić information content (AvgIpc) is 2.39. The normalized spacial score (nSPS) is 11.1. The Morgan fingerprint density at radius 3 is 2.30 bits per heavy atom. The summed E-state index contributed by atoms with van der Waals surface area (Å²) in [7, 11) is -3.66. The minimum Gasteiger partial charge on any atom is -0.478 e. The first kappa shape index (κ1) is 14.1. The van der Waals surface area contributed by atoms with Crippen LogP contribution in [0.1, 0.15) is 15.9 Å². The van der Waals surface area contributed by atoms with E-state index in [0.29, 0.717) is 11.3 Å². The zero-order chi connectivity index (χ0) is 14.8. The summed E-state index contributed by atoms with van der Waals surface area (Å²) >= 11 is 0. The van der Waals surface area contributed by atoms with E-state index < -0.39 is 16.0 Å². The van der Waals surface area contributed by atoms with Gasteiger partial charge in [0.15, 0.2) is 0 Å². The molecule has 0 radical (unpaired) electrons. The van der Waals surface area contributed by atoms with Gasteiger partial charge in [-0.3, -0.25) is 4.72 Å². The van der Waals surface area contributed by atoms with Crippen LogP contribution in [-0.2, 0) is 10.0 Å². The summed E-state index contributed by atoms with van der Waals surface area (Å²) in [5.74, 6) is -1.04. The van der Waals surface area contributed by atoms with Crippen molar-refractivity contribution in [2.24, 2.45) is 0 Å². The predicted molar refractivity (Wildman–Crippen MR) is 75.4 cm³/mol. The van der Waals surface area contributed by atoms with Crippen LogP contribution in [0, 0.1) is 6.92 Å². The lowest BCUT2D eigenvalue weighted by Crippen LogP contribution is -2.13. The number of carboxylic acids is 1. The van der Waals surface area contributed by atoms with E-state index >= 15 is 0 Å². The minimum atomic E-state index is -3.66.